The smallest absolute Gasteiger partial charge is 0.219 e. The summed E-state index contributed by atoms with van der Waals surface area (Å²) >= 11 is 0. The van der Waals surface area contributed by atoms with E-state index >= 15 is 0 Å². The second-order valence-electron chi connectivity index (χ2n) is 5.75. The molecule has 0 fully saturated rings. The van der Waals surface area contributed by atoms with Crippen LogP contribution in [0.1, 0.15) is 51.4 Å². The largest absolute Gasteiger partial charge is 0.383 e. The van der Waals surface area contributed by atoms with Crippen LogP contribution in [0.3, 0.4) is 0 Å². The minimum atomic E-state index is -0.481. The van der Waals surface area contributed by atoms with Crippen molar-refractivity contribution in [2.24, 2.45) is 5.73 Å². The Kier molecular flexibility index (Phi) is 4.34. The van der Waals surface area contributed by atoms with Crippen molar-refractivity contribution in [1.82, 2.24) is 9.97 Å². The Hall–Kier alpha value is -1.85. The number of hydrogen-bond donors (Lipinski definition) is 3. The molecule has 1 aromatic heterocycles. The first kappa shape index (κ1) is 15.2. The summed E-state index contributed by atoms with van der Waals surface area (Å²) in [6.07, 6.45) is 0.216. The molecule has 0 unspecified atom stereocenters. The number of carbonyl (C=O) groups is 1. The van der Waals surface area contributed by atoms with E-state index in [0.29, 0.717) is 17.5 Å². The molecule has 6 nitrogen and oxygen atoms in total. The van der Waals surface area contributed by atoms with Gasteiger partial charge in [-0.2, -0.15) is 0 Å². The SMILES string of the molecule is Cc1c(N)nc(C(C)C)nc1NC(C)(C)CC(N)=O. The molecule has 1 amide bonds. The van der Waals surface area contributed by atoms with Crippen LogP contribution in [0.5, 0.6) is 0 Å². The van der Waals surface area contributed by atoms with Crippen LogP contribution in [0.4, 0.5) is 11.6 Å². The molecule has 0 aromatic carbocycles. The minimum absolute atomic E-state index is 0.183. The van der Waals surface area contributed by atoms with Gasteiger partial charge in [-0.1, -0.05) is 13.8 Å². The summed E-state index contributed by atoms with van der Waals surface area (Å²) in [6, 6.07) is 0. The molecule has 0 aliphatic heterocycles. The molecule has 0 spiro atoms. The monoisotopic (exact) mass is 265 g/mol. The van der Waals surface area contributed by atoms with Gasteiger partial charge in [-0.15, -0.1) is 0 Å². The number of nitrogen functional groups attached to an aromatic ring is 1. The molecule has 1 heterocycles. The Morgan fingerprint density at radius 2 is 1.95 bits per heavy atom. The normalized spacial score (nSPS) is 11.7. The molecule has 0 radical (unpaired) electrons. The molecule has 6 heteroatoms. The number of nitrogens with two attached hydrogens (primary N) is 2. The van der Waals surface area contributed by atoms with Crippen LogP contribution in [-0.2, 0) is 4.79 Å². The van der Waals surface area contributed by atoms with Gasteiger partial charge in [-0.05, 0) is 20.8 Å². The molecule has 0 bridgehead atoms. The van der Waals surface area contributed by atoms with Gasteiger partial charge in [0.15, 0.2) is 0 Å². The van der Waals surface area contributed by atoms with Gasteiger partial charge >= 0.3 is 0 Å². The quantitative estimate of drug-likeness (QED) is 0.749. The highest BCUT2D eigenvalue weighted by Crippen LogP contribution is 2.24. The summed E-state index contributed by atoms with van der Waals surface area (Å²) in [4.78, 5) is 19.8. The van der Waals surface area contributed by atoms with Crippen molar-refractivity contribution in [2.75, 3.05) is 11.1 Å². The molecule has 0 atom stereocenters. The molecule has 1 rings (SSSR count). The molecular formula is C13H23N5O. The number of anilines is 2. The predicted octanol–water partition coefficient (Wildman–Crippen LogP) is 1.56. The van der Waals surface area contributed by atoms with Gasteiger partial charge in [0.25, 0.3) is 0 Å². The number of aromatic nitrogens is 2. The second kappa shape index (κ2) is 5.42. The molecule has 1 aromatic rings. The summed E-state index contributed by atoms with van der Waals surface area (Å²) in [5.41, 5.74) is 11.4. The average Bonchev–Trinajstić information content (AvgIpc) is 2.21. The summed E-state index contributed by atoms with van der Waals surface area (Å²) in [5.74, 6) is 1.61. The molecular weight excluding hydrogens is 242 g/mol. The summed E-state index contributed by atoms with van der Waals surface area (Å²) in [7, 11) is 0. The Morgan fingerprint density at radius 1 is 1.37 bits per heavy atom. The molecule has 5 N–H and O–H groups in total. The van der Waals surface area contributed by atoms with E-state index in [9.17, 15) is 4.79 Å². The van der Waals surface area contributed by atoms with Crippen LogP contribution in [0, 0.1) is 6.92 Å². The third kappa shape index (κ3) is 4.08. The number of nitrogens with zero attached hydrogens (tertiary/aromatic N) is 2. The third-order valence-electron chi connectivity index (χ3n) is 2.79. The van der Waals surface area contributed by atoms with Gasteiger partial charge in [0.05, 0.1) is 0 Å². The Morgan fingerprint density at radius 3 is 2.42 bits per heavy atom. The van der Waals surface area contributed by atoms with Crippen LogP contribution in [0.25, 0.3) is 0 Å². The van der Waals surface area contributed by atoms with Gasteiger partial charge in [-0.25, -0.2) is 9.97 Å². The van der Waals surface area contributed by atoms with E-state index in [2.05, 4.69) is 15.3 Å². The first-order valence-corrected chi connectivity index (χ1v) is 6.33. The molecule has 0 aliphatic rings. The summed E-state index contributed by atoms with van der Waals surface area (Å²) in [6.45, 7) is 9.64. The van der Waals surface area contributed by atoms with E-state index in [1.807, 2.05) is 34.6 Å². The highest BCUT2D eigenvalue weighted by molar-refractivity contribution is 5.75. The van der Waals surface area contributed by atoms with E-state index in [0.717, 1.165) is 5.56 Å². The van der Waals surface area contributed by atoms with E-state index in [1.165, 1.54) is 0 Å². The Bertz CT molecular complexity index is 482. The lowest BCUT2D eigenvalue weighted by Gasteiger charge is -2.27. The van der Waals surface area contributed by atoms with Crippen LogP contribution >= 0.6 is 0 Å². The number of hydrogen-bond acceptors (Lipinski definition) is 5. The molecule has 106 valence electrons. The zero-order chi connectivity index (χ0) is 14.8. The average molecular weight is 265 g/mol. The highest BCUT2D eigenvalue weighted by Gasteiger charge is 2.23. The Balaban J connectivity index is 3.09. The lowest BCUT2D eigenvalue weighted by Crippen LogP contribution is -2.36. The maximum atomic E-state index is 11.1. The lowest BCUT2D eigenvalue weighted by atomic mass is 10.00. The van der Waals surface area contributed by atoms with Crippen molar-refractivity contribution in [3.63, 3.8) is 0 Å². The number of carbonyl (C=O) groups excluding carboxylic acids is 1. The fourth-order valence-corrected chi connectivity index (χ4v) is 1.73. The molecule has 19 heavy (non-hydrogen) atoms. The molecule has 0 saturated heterocycles. The maximum absolute atomic E-state index is 11.1. The predicted molar refractivity (Wildman–Crippen MR) is 76.8 cm³/mol. The van der Waals surface area contributed by atoms with E-state index in [4.69, 9.17) is 11.5 Å². The number of rotatable bonds is 5. The standard InChI is InChI=1S/C13H23N5O/c1-7(2)11-16-10(15)8(3)12(17-11)18-13(4,5)6-9(14)19/h7H,6H2,1-5H3,(H2,14,19)(H3,15,16,17,18). The first-order chi connectivity index (χ1) is 8.62. The Labute approximate surface area is 114 Å². The summed E-state index contributed by atoms with van der Waals surface area (Å²) < 4.78 is 0. The lowest BCUT2D eigenvalue weighted by molar-refractivity contribution is -0.118. The highest BCUT2D eigenvalue weighted by atomic mass is 16.1. The van der Waals surface area contributed by atoms with Crippen LogP contribution in [0.15, 0.2) is 0 Å². The van der Waals surface area contributed by atoms with E-state index in [1.54, 1.807) is 0 Å². The van der Waals surface area contributed by atoms with E-state index in [-0.39, 0.29) is 18.2 Å². The zero-order valence-corrected chi connectivity index (χ0v) is 12.2. The van der Waals surface area contributed by atoms with Crippen LogP contribution < -0.4 is 16.8 Å². The van der Waals surface area contributed by atoms with Gasteiger partial charge in [0, 0.05) is 23.4 Å². The number of nitrogens with one attached hydrogen (secondary N) is 1. The maximum Gasteiger partial charge on any atom is 0.219 e. The van der Waals surface area contributed by atoms with Gasteiger partial charge in [0.2, 0.25) is 5.91 Å². The van der Waals surface area contributed by atoms with Crippen LogP contribution in [-0.4, -0.2) is 21.4 Å². The number of amides is 1. The molecule has 0 aliphatic carbocycles. The van der Waals surface area contributed by atoms with Gasteiger partial charge in [0.1, 0.15) is 17.5 Å². The van der Waals surface area contributed by atoms with Crippen molar-refractivity contribution >= 4 is 17.5 Å². The topological polar surface area (TPSA) is 107 Å². The van der Waals surface area contributed by atoms with Crippen molar-refractivity contribution in [3.8, 4) is 0 Å². The van der Waals surface area contributed by atoms with Gasteiger partial charge < -0.3 is 16.8 Å². The first-order valence-electron chi connectivity index (χ1n) is 6.33. The van der Waals surface area contributed by atoms with E-state index < -0.39 is 5.54 Å². The minimum Gasteiger partial charge on any atom is -0.383 e. The second-order valence-corrected chi connectivity index (χ2v) is 5.75. The fraction of sp³-hybridized carbons (Fsp3) is 0.615. The van der Waals surface area contributed by atoms with Crippen LogP contribution in [0.2, 0.25) is 0 Å². The van der Waals surface area contributed by atoms with Crippen molar-refractivity contribution in [1.29, 1.82) is 0 Å². The number of primary amides is 1. The zero-order valence-electron chi connectivity index (χ0n) is 12.2. The molecule has 0 saturated carbocycles. The van der Waals surface area contributed by atoms with Gasteiger partial charge in [-0.3, -0.25) is 4.79 Å². The third-order valence-corrected chi connectivity index (χ3v) is 2.79. The fourth-order valence-electron chi connectivity index (χ4n) is 1.73. The van der Waals surface area contributed by atoms with Crippen molar-refractivity contribution < 1.29 is 4.79 Å². The summed E-state index contributed by atoms with van der Waals surface area (Å²) in [5, 5.41) is 3.22. The van der Waals surface area contributed by atoms with Crippen molar-refractivity contribution in [3.05, 3.63) is 11.4 Å². The van der Waals surface area contributed by atoms with Crippen molar-refractivity contribution in [2.45, 2.75) is 52.5 Å².